The van der Waals surface area contributed by atoms with Crippen LogP contribution < -0.4 is 10.6 Å². The first kappa shape index (κ1) is 48.4. The molecule has 0 unspecified atom stereocenters. The number of nitrogens with one attached hydrogen (secondary N) is 2. The molecule has 11 atom stereocenters. The Morgan fingerprint density at radius 3 is 2.69 bits per heavy atom. The van der Waals surface area contributed by atoms with Crippen LogP contribution in [0.25, 0.3) is 0 Å². The van der Waals surface area contributed by atoms with Crippen LogP contribution in [0.2, 0.25) is 0 Å². The molecular formula is C52H76N2O8. The third-order valence-corrected chi connectivity index (χ3v) is 15.4. The fourth-order valence-electron chi connectivity index (χ4n) is 12.2. The summed E-state index contributed by atoms with van der Waals surface area (Å²) in [4.78, 5) is 12.5. The third-order valence-electron chi connectivity index (χ3n) is 15.4. The molecule has 62 heavy (non-hydrogen) atoms. The van der Waals surface area contributed by atoms with Crippen molar-refractivity contribution >= 4 is 6.29 Å². The normalized spacial score (nSPS) is 35.0. The van der Waals surface area contributed by atoms with E-state index in [-0.39, 0.29) is 49.0 Å². The second-order valence-electron chi connectivity index (χ2n) is 19.5. The molecule has 4 aliphatic carbocycles. The number of aldehydes is 1. The lowest BCUT2D eigenvalue weighted by Crippen LogP contribution is -2.65. The molecule has 1 spiro atoms. The molecule has 5 aliphatic rings. The zero-order chi connectivity index (χ0) is 44.5. The number of methoxy groups -OCH3 is 1. The number of ether oxygens (including phenoxy) is 2. The van der Waals surface area contributed by atoms with Crippen molar-refractivity contribution in [2.75, 3.05) is 60.3 Å². The molecule has 1 aromatic rings. The van der Waals surface area contributed by atoms with E-state index in [1.807, 2.05) is 26.1 Å². The van der Waals surface area contributed by atoms with Crippen LogP contribution in [0.5, 0.6) is 0 Å². The summed E-state index contributed by atoms with van der Waals surface area (Å²) in [5.74, 6) is -0.549. The maximum absolute atomic E-state index is 13.0. The maximum atomic E-state index is 13.0. The Balaban J connectivity index is 1.34. The smallest absolute Gasteiger partial charge is 0.145 e. The molecule has 0 saturated heterocycles. The summed E-state index contributed by atoms with van der Waals surface area (Å²) < 4.78 is 11.6. The van der Waals surface area contributed by atoms with Gasteiger partial charge in [0.25, 0.3) is 0 Å². The van der Waals surface area contributed by atoms with Gasteiger partial charge in [0.1, 0.15) is 12.4 Å². The predicted octanol–water partition coefficient (Wildman–Crippen LogP) is 5.74. The highest BCUT2D eigenvalue weighted by molar-refractivity contribution is 5.74. The molecule has 1 aromatic carbocycles. The van der Waals surface area contributed by atoms with E-state index in [0.29, 0.717) is 56.7 Å². The van der Waals surface area contributed by atoms with Gasteiger partial charge >= 0.3 is 0 Å². The fraction of sp³-hybridized carbons (Fsp3) is 0.635. The van der Waals surface area contributed by atoms with Gasteiger partial charge in [-0.15, -0.1) is 0 Å². The van der Waals surface area contributed by atoms with Crippen LogP contribution in [0.3, 0.4) is 0 Å². The molecule has 6 rings (SSSR count). The molecule has 0 radical (unpaired) electrons. The summed E-state index contributed by atoms with van der Waals surface area (Å²) >= 11 is 0. The molecule has 6 bridgehead atoms. The van der Waals surface area contributed by atoms with Gasteiger partial charge in [0.2, 0.25) is 0 Å². The molecule has 7 N–H and O–H groups in total. The van der Waals surface area contributed by atoms with Crippen molar-refractivity contribution in [2.45, 2.75) is 108 Å². The molecule has 10 nitrogen and oxygen atoms in total. The number of carbonyl (C=O) groups excluding carboxylic acids is 1. The zero-order valence-corrected chi connectivity index (χ0v) is 37.9. The van der Waals surface area contributed by atoms with Gasteiger partial charge < -0.3 is 45.6 Å². The van der Waals surface area contributed by atoms with Crippen molar-refractivity contribution in [1.82, 2.24) is 10.6 Å². The highest BCUT2D eigenvalue weighted by Gasteiger charge is 2.68. The van der Waals surface area contributed by atoms with Crippen LogP contribution in [0.15, 0.2) is 95.2 Å². The number of hydrogen-bond donors (Lipinski definition) is 7. The Kier molecular flexibility index (Phi) is 17.0. The van der Waals surface area contributed by atoms with Crippen LogP contribution in [0.1, 0.15) is 82.8 Å². The van der Waals surface area contributed by atoms with Crippen LogP contribution in [-0.2, 0) is 27.1 Å². The van der Waals surface area contributed by atoms with E-state index in [2.05, 4.69) is 72.7 Å². The maximum Gasteiger partial charge on any atom is 0.145 e. The molecule has 2 saturated carbocycles. The van der Waals surface area contributed by atoms with E-state index in [9.17, 15) is 30.3 Å². The van der Waals surface area contributed by atoms with E-state index in [0.717, 1.165) is 68.1 Å². The minimum absolute atomic E-state index is 0.0510. The molecule has 1 heterocycles. The first-order valence-corrected chi connectivity index (χ1v) is 23.3. The van der Waals surface area contributed by atoms with Crippen LogP contribution >= 0.6 is 0 Å². The highest BCUT2D eigenvalue weighted by Crippen LogP contribution is 2.67. The summed E-state index contributed by atoms with van der Waals surface area (Å²) in [5.41, 5.74) is 5.16. The van der Waals surface area contributed by atoms with Crippen molar-refractivity contribution in [1.29, 1.82) is 0 Å². The van der Waals surface area contributed by atoms with Crippen molar-refractivity contribution in [3.05, 3.63) is 106 Å². The van der Waals surface area contributed by atoms with E-state index in [1.165, 1.54) is 16.7 Å². The number of allylic oxidation sites excluding steroid dienone is 9. The standard InChI is InChI=1S/C52H76N2O8/c1-35(46-27-37-10-7-11-38(25-37)28-50(3,21-24-61-5)54-30-39-12-8-13-41(46)26-39)9-6-14-43(33-62-34-44(58)32-57)45-17-19-52(49(45)59)48-40(18-23-55)15-16-42(47(48)36(2)31-56)29-51(52,60)20-22-53-4/h6-7,9-11,14-16,25-26,31,40-42,44-46,48-49,53-55,57-60H,1,8,12-13,17-24,27-30,32-34H2,2-5H3/b9-6+,43-14-,47-36?/t40-,41-,42-,44+,45-,46-,48-,49+,50+,51+,52+/m0/s1. The topological polar surface area (TPSA) is 161 Å². The molecule has 342 valence electrons. The second-order valence-corrected chi connectivity index (χ2v) is 19.5. The summed E-state index contributed by atoms with van der Waals surface area (Å²) in [6.07, 6.45) is 20.1. The quantitative estimate of drug-likeness (QED) is 0.0420. The van der Waals surface area contributed by atoms with Crippen LogP contribution in [0.4, 0.5) is 0 Å². The Labute approximate surface area is 371 Å². The molecule has 0 amide bonds. The monoisotopic (exact) mass is 857 g/mol. The lowest BCUT2D eigenvalue weighted by molar-refractivity contribution is -0.194. The van der Waals surface area contributed by atoms with Gasteiger partial charge in [-0.05, 0) is 144 Å². The minimum atomic E-state index is -1.26. The van der Waals surface area contributed by atoms with Crippen molar-refractivity contribution < 1.29 is 39.8 Å². The van der Waals surface area contributed by atoms with E-state index >= 15 is 0 Å². The number of fused-ring (bicyclic) bond motifs is 6. The molecular weight excluding hydrogens is 781 g/mol. The Hall–Kier alpha value is -3.03. The minimum Gasteiger partial charge on any atom is -0.396 e. The average Bonchev–Trinajstić information content (AvgIpc) is 3.62. The first-order valence-electron chi connectivity index (χ1n) is 23.3. The van der Waals surface area contributed by atoms with E-state index in [4.69, 9.17) is 9.47 Å². The van der Waals surface area contributed by atoms with Gasteiger partial charge in [0.05, 0.1) is 31.5 Å². The SMILES string of the molecule is C=C(/C=C/C=C(/COC[C@H](O)CO)[C@@H]1CC[C@]2([C@@H]1O)[C@@H]1C(=C(C)C=O)[C@@H](C=C[C@H]1CCO)C[C@]2(O)CCNC)[C@@H]1Cc2cccc(c2)C[C@@](C)(CCOC)NCC2=C[C@@H]1CCC2. The molecule has 0 aromatic heterocycles. The van der Waals surface area contributed by atoms with Crippen molar-refractivity contribution in [3.63, 3.8) is 0 Å². The average molecular weight is 857 g/mol. The summed E-state index contributed by atoms with van der Waals surface area (Å²) in [7, 11) is 3.63. The number of aliphatic hydroxyl groups is 5. The Bertz CT molecular complexity index is 1850. The second kappa shape index (κ2) is 21.8. The zero-order valence-electron chi connectivity index (χ0n) is 37.9. The van der Waals surface area contributed by atoms with Gasteiger partial charge in [-0.3, -0.25) is 4.79 Å². The van der Waals surface area contributed by atoms with Crippen molar-refractivity contribution in [2.24, 2.45) is 40.9 Å². The third kappa shape index (κ3) is 10.6. The van der Waals surface area contributed by atoms with Crippen molar-refractivity contribution in [3.8, 4) is 0 Å². The molecule has 1 aliphatic heterocycles. The number of aliphatic hydroxyl groups excluding tert-OH is 4. The van der Waals surface area contributed by atoms with Crippen LogP contribution in [-0.4, -0.2) is 115 Å². The van der Waals surface area contributed by atoms with Gasteiger partial charge in [-0.1, -0.05) is 84.0 Å². The van der Waals surface area contributed by atoms with E-state index in [1.54, 1.807) is 7.11 Å². The lowest BCUT2D eigenvalue weighted by atomic mass is 9.45. The summed E-state index contributed by atoms with van der Waals surface area (Å²) in [6.45, 7) is 10.5. The van der Waals surface area contributed by atoms with Gasteiger partial charge in [-0.25, -0.2) is 0 Å². The predicted molar refractivity (Wildman–Crippen MR) is 245 cm³/mol. The van der Waals surface area contributed by atoms with Gasteiger partial charge in [0.15, 0.2) is 0 Å². The number of rotatable bonds is 18. The number of benzene rings is 1. The fourth-order valence-corrected chi connectivity index (χ4v) is 12.2. The van der Waals surface area contributed by atoms with Gasteiger partial charge in [0, 0.05) is 49.7 Å². The van der Waals surface area contributed by atoms with Gasteiger partial charge in [-0.2, -0.15) is 0 Å². The summed E-state index contributed by atoms with van der Waals surface area (Å²) in [5, 5.41) is 63.2. The summed E-state index contributed by atoms with van der Waals surface area (Å²) in [6, 6.07) is 8.99. The molecule has 10 heteroatoms. The first-order chi connectivity index (χ1) is 29.8. The largest absolute Gasteiger partial charge is 0.396 e. The Morgan fingerprint density at radius 2 is 1.95 bits per heavy atom. The highest BCUT2D eigenvalue weighted by atomic mass is 16.5. The Morgan fingerprint density at radius 1 is 1.15 bits per heavy atom. The number of hydrogen-bond acceptors (Lipinski definition) is 10. The lowest BCUT2D eigenvalue weighted by Gasteiger charge is -2.61. The van der Waals surface area contributed by atoms with E-state index < -0.39 is 35.7 Å². The number of carbonyl (C=O) groups is 1. The van der Waals surface area contributed by atoms with Crippen LogP contribution in [0, 0.1) is 40.9 Å². The molecule has 2 fully saturated rings.